The second-order valence-electron chi connectivity index (χ2n) is 6.60. The minimum Gasteiger partial charge on any atom is -0.492 e. The summed E-state index contributed by atoms with van der Waals surface area (Å²) >= 11 is 5.93. The van der Waals surface area contributed by atoms with E-state index in [1.54, 1.807) is 31.4 Å². The van der Waals surface area contributed by atoms with E-state index in [9.17, 15) is 4.79 Å². The molecule has 0 saturated heterocycles. The zero-order valence-corrected chi connectivity index (χ0v) is 15.5. The molecule has 2 aromatic rings. The number of carbonyl (C=O) groups excluding carboxylic acids is 1. The highest BCUT2D eigenvalue weighted by Crippen LogP contribution is 2.50. The molecular formula is C20H20ClNO4. The van der Waals surface area contributed by atoms with Crippen molar-refractivity contribution >= 4 is 17.4 Å². The number of ether oxygens (including phenoxy) is 3. The molecule has 0 aliphatic carbocycles. The number of Topliss-reactive ketones (excluding diaryl/α,β-unsaturated/α-hetero) is 1. The molecule has 6 heteroatoms. The Morgan fingerprint density at radius 2 is 2.08 bits per heavy atom. The number of likely N-dealkylation sites (N-methyl/N-ethyl adjacent to an activating group) is 1. The zero-order chi connectivity index (χ0) is 18.3. The predicted octanol–water partition coefficient (Wildman–Crippen LogP) is 3.88. The number of halogens is 1. The van der Waals surface area contributed by atoms with E-state index in [4.69, 9.17) is 25.8 Å². The van der Waals surface area contributed by atoms with Crippen LogP contribution in [0.2, 0.25) is 5.02 Å². The molecule has 1 atom stereocenters. The highest BCUT2D eigenvalue weighted by molar-refractivity contribution is 6.30. The summed E-state index contributed by atoms with van der Waals surface area (Å²) in [6.07, 6.45) is 1.24. The Hall–Kier alpha value is -2.24. The first-order valence-electron chi connectivity index (χ1n) is 8.57. The van der Waals surface area contributed by atoms with Gasteiger partial charge in [0.1, 0.15) is 0 Å². The summed E-state index contributed by atoms with van der Waals surface area (Å²) in [5.74, 6) is 2.10. The summed E-state index contributed by atoms with van der Waals surface area (Å²) in [4.78, 5) is 15.0. The lowest BCUT2D eigenvalue weighted by atomic mass is 9.87. The monoisotopic (exact) mass is 373 g/mol. The molecule has 0 amide bonds. The van der Waals surface area contributed by atoms with Crippen LogP contribution in [0.3, 0.4) is 0 Å². The number of benzene rings is 2. The molecule has 0 spiro atoms. The van der Waals surface area contributed by atoms with Crippen LogP contribution in [0.15, 0.2) is 30.3 Å². The van der Waals surface area contributed by atoms with Gasteiger partial charge in [0, 0.05) is 35.2 Å². The summed E-state index contributed by atoms with van der Waals surface area (Å²) < 4.78 is 16.8. The molecule has 0 saturated carbocycles. The number of rotatable bonds is 4. The lowest BCUT2D eigenvalue weighted by molar-refractivity contribution is 0.0925. The first-order valence-corrected chi connectivity index (χ1v) is 8.94. The number of carbonyl (C=O) groups is 1. The Morgan fingerprint density at radius 1 is 1.31 bits per heavy atom. The molecule has 26 heavy (non-hydrogen) atoms. The van der Waals surface area contributed by atoms with E-state index >= 15 is 0 Å². The van der Waals surface area contributed by atoms with Gasteiger partial charge in [-0.05, 0) is 49.4 Å². The van der Waals surface area contributed by atoms with E-state index in [0.717, 1.165) is 24.1 Å². The van der Waals surface area contributed by atoms with E-state index in [1.165, 1.54) is 0 Å². The molecule has 2 aliphatic rings. The summed E-state index contributed by atoms with van der Waals surface area (Å²) in [7, 11) is 3.66. The molecule has 2 aliphatic heterocycles. The van der Waals surface area contributed by atoms with Crippen molar-refractivity contribution < 1.29 is 19.0 Å². The summed E-state index contributed by atoms with van der Waals surface area (Å²) in [6.45, 7) is 1.06. The highest BCUT2D eigenvalue weighted by atomic mass is 35.5. The van der Waals surface area contributed by atoms with E-state index in [0.29, 0.717) is 34.3 Å². The molecule has 4 rings (SSSR count). The van der Waals surface area contributed by atoms with Gasteiger partial charge in [0.25, 0.3) is 0 Å². The number of methoxy groups -OCH3 is 1. The van der Waals surface area contributed by atoms with Crippen LogP contribution in [0.1, 0.15) is 33.9 Å². The second-order valence-corrected chi connectivity index (χ2v) is 7.03. The molecule has 136 valence electrons. The van der Waals surface area contributed by atoms with Crippen LogP contribution in [-0.2, 0) is 6.42 Å². The van der Waals surface area contributed by atoms with Crippen molar-refractivity contribution in [1.82, 2.24) is 4.90 Å². The molecule has 0 unspecified atom stereocenters. The maximum atomic E-state index is 12.8. The van der Waals surface area contributed by atoms with E-state index in [2.05, 4.69) is 4.90 Å². The van der Waals surface area contributed by atoms with Crippen molar-refractivity contribution in [1.29, 1.82) is 0 Å². The summed E-state index contributed by atoms with van der Waals surface area (Å²) in [5.41, 5.74) is 2.83. The molecule has 2 aromatic carbocycles. The standard InChI is InChI=1S/C20H20ClNO4/c1-22-8-7-13-9-17-19(26-11-25-17)20(24-2)18(13)15(22)10-16(23)12-3-5-14(21)6-4-12/h3-6,9,15H,7-8,10-11H2,1-2H3/t15-/m0/s1. The Bertz CT molecular complexity index is 850. The van der Waals surface area contributed by atoms with Gasteiger partial charge in [0.05, 0.1) is 7.11 Å². The van der Waals surface area contributed by atoms with E-state index < -0.39 is 0 Å². The first kappa shape index (κ1) is 17.2. The number of hydrogen-bond acceptors (Lipinski definition) is 5. The molecule has 0 aromatic heterocycles. The quantitative estimate of drug-likeness (QED) is 0.761. The summed E-state index contributed by atoms with van der Waals surface area (Å²) in [6, 6.07) is 8.97. The van der Waals surface area contributed by atoms with Crippen LogP contribution in [0.4, 0.5) is 0 Å². The molecule has 0 bridgehead atoms. The van der Waals surface area contributed by atoms with Gasteiger partial charge >= 0.3 is 0 Å². The number of nitrogens with zero attached hydrogens (tertiary/aromatic N) is 1. The molecule has 0 N–H and O–H groups in total. The van der Waals surface area contributed by atoms with Crippen LogP contribution in [0, 0.1) is 0 Å². The average Bonchev–Trinajstić information content (AvgIpc) is 3.11. The third-order valence-electron chi connectivity index (χ3n) is 5.09. The smallest absolute Gasteiger partial charge is 0.231 e. The predicted molar refractivity (Wildman–Crippen MR) is 98.6 cm³/mol. The van der Waals surface area contributed by atoms with Gasteiger partial charge < -0.3 is 14.2 Å². The minimum atomic E-state index is -0.0774. The third kappa shape index (κ3) is 2.91. The summed E-state index contributed by atoms with van der Waals surface area (Å²) in [5, 5.41) is 0.621. The highest BCUT2D eigenvalue weighted by Gasteiger charge is 2.35. The van der Waals surface area contributed by atoms with Gasteiger partial charge in [-0.15, -0.1) is 0 Å². The van der Waals surface area contributed by atoms with Gasteiger partial charge in [-0.25, -0.2) is 0 Å². The Morgan fingerprint density at radius 3 is 2.81 bits per heavy atom. The van der Waals surface area contributed by atoms with Crippen LogP contribution >= 0.6 is 11.6 Å². The van der Waals surface area contributed by atoms with E-state index in [-0.39, 0.29) is 18.6 Å². The van der Waals surface area contributed by atoms with Crippen LogP contribution in [0.25, 0.3) is 0 Å². The van der Waals surface area contributed by atoms with Crippen LogP contribution < -0.4 is 14.2 Å². The van der Waals surface area contributed by atoms with Crippen molar-refractivity contribution in [2.75, 3.05) is 27.5 Å². The Balaban J connectivity index is 1.71. The largest absolute Gasteiger partial charge is 0.492 e. The first-order chi connectivity index (χ1) is 12.6. The number of fused-ring (bicyclic) bond motifs is 2. The maximum Gasteiger partial charge on any atom is 0.231 e. The molecular weight excluding hydrogens is 354 g/mol. The molecule has 2 heterocycles. The van der Waals surface area contributed by atoms with Crippen molar-refractivity contribution in [3.8, 4) is 17.2 Å². The lowest BCUT2D eigenvalue weighted by Gasteiger charge is -2.35. The number of hydrogen-bond donors (Lipinski definition) is 0. The van der Waals surface area contributed by atoms with Crippen molar-refractivity contribution in [3.63, 3.8) is 0 Å². The maximum absolute atomic E-state index is 12.8. The fraction of sp³-hybridized carbons (Fsp3) is 0.350. The fourth-order valence-corrected chi connectivity index (χ4v) is 3.84. The van der Waals surface area contributed by atoms with Crippen molar-refractivity contribution in [3.05, 3.63) is 52.0 Å². The third-order valence-corrected chi connectivity index (χ3v) is 5.34. The van der Waals surface area contributed by atoms with E-state index in [1.807, 2.05) is 13.1 Å². The van der Waals surface area contributed by atoms with Gasteiger partial charge in [0.2, 0.25) is 12.5 Å². The van der Waals surface area contributed by atoms with Gasteiger partial charge in [0.15, 0.2) is 17.3 Å². The van der Waals surface area contributed by atoms with Gasteiger partial charge in [-0.3, -0.25) is 9.69 Å². The van der Waals surface area contributed by atoms with Crippen molar-refractivity contribution in [2.24, 2.45) is 0 Å². The zero-order valence-electron chi connectivity index (χ0n) is 14.8. The molecule has 5 nitrogen and oxygen atoms in total. The fourth-order valence-electron chi connectivity index (χ4n) is 3.71. The second kappa shape index (κ2) is 6.82. The SMILES string of the molecule is COc1c2c(cc3c1[C@H](CC(=O)c1ccc(Cl)cc1)N(C)CC3)OCO2. The Kier molecular flexibility index (Phi) is 4.51. The topological polar surface area (TPSA) is 48.0 Å². The van der Waals surface area contributed by atoms with Crippen LogP contribution in [-0.4, -0.2) is 38.2 Å². The van der Waals surface area contributed by atoms with Gasteiger partial charge in [-0.2, -0.15) is 0 Å². The minimum absolute atomic E-state index is 0.0751. The van der Waals surface area contributed by atoms with Gasteiger partial charge in [-0.1, -0.05) is 11.6 Å². The molecule has 0 radical (unpaired) electrons. The van der Waals surface area contributed by atoms with Crippen molar-refractivity contribution in [2.45, 2.75) is 18.9 Å². The lowest BCUT2D eigenvalue weighted by Crippen LogP contribution is -2.34. The Labute approximate surface area is 157 Å². The normalized spacial score (nSPS) is 18.5. The van der Waals surface area contributed by atoms with Crippen LogP contribution in [0.5, 0.6) is 17.2 Å². The number of ketones is 1. The average molecular weight is 374 g/mol. The molecule has 0 fully saturated rings.